The van der Waals surface area contributed by atoms with E-state index in [2.05, 4.69) is 5.32 Å². The van der Waals surface area contributed by atoms with E-state index in [9.17, 15) is 9.59 Å². The molecule has 2 atom stereocenters. The Morgan fingerprint density at radius 3 is 3.05 bits per heavy atom. The van der Waals surface area contributed by atoms with E-state index < -0.39 is 12.0 Å². The quantitative estimate of drug-likeness (QED) is 0.868. The van der Waals surface area contributed by atoms with Crippen LogP contribution in [0.5, 0.6) is 0 Å². The van der Waals surface area contributed by atoms with Gasteiger partial charge in [-0.15, -0.1) is 0 Å². The largest absolute Gasteiger partial charge is 0.464 e. The number of nitrogens with one attached hydrogen (secondary N) is 1. The first-order chi connectivity index (χ1) is 9.70. The summed E-state index contributed by atoms with van der Waals surface area (Å²) in [5, 5.41) is 3.62. The van der Waals surface area contributed by atoms with E-state index in [0.717, 1.165) is 16.5 Å². The molecule has 0 saturated carbocycles. The fraction of sp³-hybridized carbons (Fsp3) is 0.333. The van der Waals surface area contributed by atoms with Crippen LogP contribution in [0.15, 0.2) is 34.9 Å². The van der Waals surface area contributed by atoms with Gasteiger partial charge in [0.1, 0.15) is 11.6 Å². The standard InChI is InChI=1S/C15H15NO4/c1-2-19-15(18)14-10(7-13(17)16-14)11-8-20-12-6-4-3-5-9(11)12/h3-6,8,10,14H,2,7H2,1H3,(H,16,17). The average molecular weight is 273 g/mol. The Morgan fingerprint density at radius 1 is 1.45 bits per heavy atom. The number of benzene rings is 1. The van der Waals surface area contributed by atoms with Gasteiger partial charge in [-0.2, -0.15) is 0 Å². The number of hydrogen-bond donors (Lipinski definition) is 1. The van der Waals surface area contributed by atoms with E-state index in [1.807, 2.05) is 24.3 Å². The molecule has 1 fully saturated rings. The lowest BCUT2D eigenvalue weighted by Crippen LogP contribution is -2.37. The number of carbonyl (C=O) groups excluding carboxylic acids is 2. The van der Waals surface area contributed by atoms with Crippen LogP contribution < -0.4 is 5.32 Å². The number of hydrogen-bond acceptors (Lipinski definition) is 4. The van der Waals surface area contributed by atoms with Crippen molar-refractivity contribution in [2.45, 2.75) is 25.3 Å². The van der Waals surface area contributed by atoms with E-state index >= 15 is 0 Å². The van der Waals surface area contributed by atoms with Crippen molar-refractivity contribution in [1.82, 2.24) is 5.32 Å². The highest BCUT2D eigenvalue weighted by Gasteiger charge is 2.40. The maximum absolute atomic E-state index is 12.0. The Labute approximate surface area is 115 Å². The maximum Gasteiger partial charge on any atom is 0.329 e. The molecule has 3 rings (SSSR count). The molecule has 1 aromatic carbocycles. The number of ether oxygens (including phenoxy) is 1. The molecular formula is C15H15NO4. The molecule has 5 heteroatoms. The Hall–Kier alpha value is -2.30. The fourth-order valence-electron chi connectivity index (χ4n) is 2.68. The molecule has 1 aromatic heterocycles. The second-order valence-corrected chi connectivity index (χ2v) is 4.80. The first-order valence-electron chi connectivity index (χ1n) is 6.63. The first kappa shape index (κ1) is 12.7. The highest BCUT2D eigenvalue weighted by atomic mass is 16.5. The van der Waals surface area contributed by atoms with Crippen LogP contribution in [0.3, 0.4) is 0 Å². The zero-order chi connectivity index (χ0) is 14.1. The first-order valence-corrected chi connectivity index (χ1v) is 6.63. The summed E-state index contributed by atoms with van der Waals surface area (Å²) >= 11 is 0. The van der Waals surface area contributed by atoms with Crippen LogP contribution in [0.4, 0.5) is 0 Å². The summed E-state index contributed by atoms with van der Waals surface area (Å²) < 4.78 is 10.5. The number of fused-ring (bicyclic) bond motifs is 1. The summed E-state index contributed by atoms with van der Waals surface area (Å²) in [6.45, 7) is 2.04. The van der Waals surface area contributed by atoms with E-state index in [-0.39, 0.29) is 18.2 Å². The van der Waals surface area contributed by atoms with Crippen LogP contribution in [0, 0.1) is 0 Å². The minimum atomic E-state index is -0.636. The molecule has 1 saturated heterocycles. The van der Waals surface area contributed by atoms with Gasteiger partial charge in [-0.25, -0.2) is 4.79 Å². The smallest absolute Gasteiger partial charge is 0.329 e. The number of carbonyl (C=O) groups is 2. The molecule has 5 nitrogen and oxygen atoms in total. The van der Waals surface area contributed by atoms with Crippen molar-refractivity contribution >= 4 is 22.8 Å². The molecule has 0 radical (unpaired) electrons. The molecule has 1 amide bonds. The predicted molar refractivity (Wildman–Crippen MR) is 72.1 cm³/mol. The van der Waals surface area contributed by atoms with Crippen molar-refractivity contribution in [3.05, 3.63) is 36.1 Å². The molecule has 1 aliphatic rings. The van der Waals surface area contributed by atoms with Gasteiger partial charge in [0.25, 0.3) is 0 Å². The molecule has 0 spiro atoms. The lowest BCUT2D eigenvalue weighted by molar-refractivity contribution is -0.146. The summed E-state index contributed by atoms with van der Waals surface area (Å²) in [6.07, 6.45) is 1.90. The number of para-hydroxylation sites is 1. The minimum Gasteiger partial charge on any atom is -0.464 e. The summed E-state index contributed by atoms with van der Waals surface area (Å²) in [7, 11) is 0. The van der Waals surface area contributed by atoms with Gasteiger partial charge in [0.15, 0.2) is 0 Å². The van der Waals surface area contributed by atoms with Crippen molar-refractivity contribution in [2.75, 3.05) is 6.61 Å². The lowest BCUT2D eigenvalue weighted by atomic mass is 9.91. The van der Waals surface area contributed by atoms with Gasteiger partial charge in [-0.05, 0) is 13.0 Å². The average Bonchev–Trinajstić information content (AvgIpc) is 3.02. The molecule has 1 N–H and O–H groups in total. The number of esters is 1. The van der Waals surface area contributed by atoms with Crippen molar-refractivity contribution in [3.8, 4) is 0 Å². The van der Waals surface area contributed by atoms with E-state index in [4.69, 9.17) is 9.15 Å². The Bertz CT molecular complexity index is 661. The predicted octanol–water partition coefficient (Wildman–Crippen LogP) is 1.97. The van der Waals surface area contributed by atoms with Crippen LogP contribution in [0.25, 0.3) is 11.0 Å². The normalized spacial score (nSPS) is 21.9. The third-order valence-electron chi connectivity index (χ3n) is 3.58. The summed E-state index contributed by atoms with van der Waals surface area (Å²) in [5.41, 5.74) is 1.63. The van der Waals surface area contributed by atoms with Gasteiger partial charge < -0.3 is 14.5 Å². The molecule has 0 aliphatic carbocycles. The van der Waals surface area contributed by atoms with E-state index in [1.54, 1.807) is 13.2 Å². The van der Waals surface area contributed by atoms with Gasteiger partial charge in [0.05, 0.1) is 12.9 Å². The van der Waals surface area contributed by atoms with Crippen molar-refractivity contribution < 1.29 is 18.7 Å². The SMILES string of the molecule is CCOC(=O)C1NC(=O)CC1c1coc2ccccc12. The maximum atomic E-state index is 12.0. The zero-order valence-electron chi connectivity index (χ0n) is 11.1. The van der Waals surface area contributed by atoms with Crippen LogP contribution in [-0.4, -0.2) is 24.5 Å². The molecule has 2 heterocycles. The van der Waals surface area contributed by atoms with E-state index in [0.29, 0.717) is 6.61 Å². The van der Waals surface area contributed by atoms with Crippen LogP contribution in [0.2, 0.25) is 0 Å². The summed E-state index contributed by atoms with van der Waals surface area (Å²) in [4.78, 5) is 23.6. The van der Waals surface area contributed by atoms with Crippen molar-refractivity contribution in [1.29, 1.82) is 0 Å². The Morgan fingerprint density at radius 2 is 2.25 bits per heavy atom. The summed E-state index contributed by atoms with van der Waals surface area (Å²) in [6, 6.07) is 6.95. The van der Waals surface area contributed by atoms with Gasteiger partial charge in [0.2, 0.25) is 5.91 Å². The second-order valence-electron chi connectivity index (χ2n) is 4.80. The number of rotatable bonds is 3. The Balaban J connectivity index is 1.98. The highest BCUT2D eigenvalue weighted by Crippen LogP contribution is 2.35. The third-order valence-corrected chi connectivity index (χ3v) is 3.58. The molecule has 104 valence electrons. The zero-order valence-corrected chi connectivity index (χ0v) is 11.1. The van der Waals surface area contributed by atoms with Gasteiger partial charge >= 0.3 is 5.97 Å². The van der Waals surface area contributed by atoms with E-state index in [1.165, 1.54) is 0 Å². The van der Waals surface area contributed by atoms with Crippen LogP contribution >= 0.6 is 0 Å². The van der Waals surface area contributed by atoms with Crippen LogP contribution in [-0.2, 0) is 14.3 Å². The summed E-state index contributed by atoms with van der Waals surface area (Å²) in [5.74, 6) is -0.780. The van der Waals surface area contributed by atoms with Gasteiger partial charge in [-0.3, -0.25) is 4.79 Å². The molecular weight excluding hydrogens is 258 g/mol. The molecule has 0 bridgehead atoms. The topological polar surface area (TPSA) is 68.5 Å². The fourth-order valence-corrected chi connectivity index (χ4v) is 2.68. The number of furan rings is 1. The molecule has 2 aromatic rings. The lowest BCUT2D eigenvalue weighted by Gasteiger charge is -2.16. The Kier molecular flexibility index (Phi) is 3.18. The van der Waals surface area contributed by atoms with Gasteiger partial charge in [-0.1, -0.05) is 18.2 Å². The van der Waals surface area contributed by atoms with Crippen molar-refractivity contribution in [3.63, 3.8) is 0 Å². The second kappa shape index (κ2) is 5.00. The van der Waals surface area contributed by atoms with Gasteiger partial charge in [0, 0.05) is 23.3 Å². The molecule has 20 heavy (non-hydrogen) atoms. The molecule has 2 unspecified atom stereocenters. The van der Waals surface area contributed by atoms with Crippen LogP contribution in [0.1, 0.15) is 24.8 Å². The number of amides is 1. The monoisotopic (exact) mass is 273 g/mol. The van der Waals surface area contributed by atoms with Crippen molar-refractivity contribution in [2.24, 2.45) is 0 Å². The molecule has 1 aliphatic heterocycles. The minimum absolute atomic E-state index is 0.140. The highest BCUT2D eigenvalue weighted by molar-refractivity contribution is 5.92. The third kappa shape index (κ3) is 2.05.